The van der Waals surface area contributed by atoms with E-state index in [1.165, 1.54) is 0 Å². The summed E-state index contributed by atoms with van der Waals surface area (Å²) >= 11 is 0. The van der Waals surface area contributed by atoms with Gasteiger partial charge >= 0.3 is 0 Å². The average Bonchev–Trinajstić information content (AvgIpc) is 2.17. The van der Waals surface area contributed by atoms with Crippen molar-refractivity contribution >= 4 is 0 Å². The summed E-state index contributed by atoms with van der Waals surface area (Å²) < 4.78 is 5.12. The van der Waals surface area contributed by atoms with E-state index >= 15 is 0 Å². The van der Waals surface area contributed by atoms with Crippen LogP contribution in [0.1, 0.15) is 18.1 Å². The van der Waals surface area contributed by atoms with Crippen LogP contribution in [-0.4, -0.2) is 7.11 Å². The quantitative estimate of drug-likeness (QED) is 0.772. The number of methoxy groups -OCH3 is 1. The van der Waals surface area contributed by atoms with Gasteiger partial charge in [-0.3, -0.25) is 0 Å². The third-order valence-electron chi connectivity index (χ3n) is 2.23. The largest absolute Gasteiger partial charge is 0.496 e. The van der Waals surface area contributed by atoms with Gasteiger partial charge in [-0.05, 0) is 37.1 Å². The number of rotatable bonds is 2. The van der Waals surface area contributed by atoms with E-state index in [0.29, 0.717) is 0 Å². The molecular weight excluding hydrogens is 176 g/mol. The van der Waals surface area contributed by atoms with Crippen LogP contribution in [0.4, 0.5) is 0 Å². The SMILES string of the molecule is COc1ccc(C(C)(N)C#N)cc1C. The molecule has 0 radical (unpaired) electrons. The summed E-state index contributed by atoms with van der Waals surface area (Å²) in [6.45, 7) is 3.62. The zero-order valence-electron chi connectivity index (χ0n) is 8.66. The number of ether oxygens (including phenoxy) is 1. The molecular formula is C11H14N2O. The number of hydrogen-bond donors (Lipinski definition) is 1. The fourth-order valence-corrected chi connectivity index (χ4v) is 1.27. The molecule has 0 spiro atoms. The molecule has 0 aliphatic heterocycles. The molecule has 14 heavy (non-hydrogen) atoms. The average molecular weight is 190 g/mol. The minimum atomic E-state index is -0.934. The molecule has 0 aliphatic carbocycles. The minimum absolute atomic E-state index is 0.804. The van der Waals surface area contributed by atoms with Crippen LogP contribution >= 0.6 is 0 Å². The highest BCUT2D eigenvalue weighted by Gasteiger charge is 2.20. The summed E-state index contributed by atoms with van der Waals surface area (Å²) in [6.07, 6.45) is 0. The molecule has 3 heteroatoms. The second-order valence-corrected chi connectivity index (χ2v) is 3.50. The van der Waals surface area contributed by atoms with Crippen LogP contribution in [0.2, 0.25) is 0 Å². The Hall–Kier alpha value is -1.53. The van der Waals surface area contributed by atoms with Gasteiger partial charge in [0, 0.05) is 0 Å². The Bertz CT molecular complexity index is 377. The van der Waals surface area contributed by atoms with Crippen LogP contribution in [0.5, 0.6) is 5.75 Å². The Balaban J connectivity index is 3.17. The van der Waals surface area contributed by atoms with Gasteiger partial charge in [0.2, 0.25) is 0 Å². The van der Waals surface area contributed by atoms with Crippen molar-refractivity contribution in [2.45, 2.75) is 19.4 Å². The molecule has 1 atom stereocenters. The first-order valence-electron chi connectivity index (χ1n) is 4.36. The highest BCUT2D eigenvalue weighted by Crippen LogP contribution is 2.24. The van der Waals surface area contributed by atoms with E-state index in [1.54, 1.807) is 14.0 Å². The van der Waals surface area contributed by atoms with E-state index in [1.807, 2.05) is 25.1 Å². The van der Waals surface area contributed by atoms with Gasteiger partial charge in [-0.25, -0.2) is 0 Å². The maximum absolute atomic E-state index is 8.86. The molecule has 0 saturated carbocycles. The van der Waals surface area contributed by atoms with Crippen molar-refractivity contribution < 1.29 is 4.74 Å². The first-order valence-corrected chi connectivity index (χ1v) is 4.36. The topological polar surface area (TPSA) is 59.0 Å². The fraction of sp³-hybridized carbons (Fsp3) is 0.364. The van der Waals surface area contributed by atoms with Gasteiger partial charge in [-0.2, -0.15) is 5.26 Å². The Morgan fingerprint density at radius 2 is 2.14 bits per heavy atom. The molecule has 0 heterocycles. The minimum Gasteiger partial charge on any atom is -0.496 e. The molecule has 1 rings (SSSR count). The molecule has 1 aromatic carbocycles. The van der Waals surface area contributed by atoms with E-state index in [9.17, 15) is 0 Å². The van der Waals surface area contributed by atoms with Crippen molar-refractivity contribution in [1.82, 2.24) is 0 Å². The number of nitrogens with zero attached hydrogens (tertiary/aromatic N) is 1. The molecule has 0 bridgehead atoms. The second kappa shape index (κ2) is 3.69. The van der Waals surface area contributed by atoms with Crippen LogP contribution in [-0.2, 0) is 5.54 Å². The first kappa shape index (κ1) is 10.6. The number of hydrogen-bond acceptors (Lipinski definition) is 3. The highest BCUT2D eigenvalue weighted by molar-refractivity contribution is 5.40. The molecule has 0 fully saturated rings. The van der Waals surface area contributed by atoms with Crippen LogP contribution in [0, 0.1) is 18.3 Å². The standard InChI is InChI=1S/C11H14N2O/c1-8-6-9(11(2,13)7-12)4-5-10(8)14-3/h4-6H,13H2,1-3H3. The second-order valence-electron chi connectivity index (χ2n) is 3.50. The molecule has 1 unspecified atom stereocenters. The predicted octanol–water partition coefficient (Wildman–Crippen LogP) is 1.70. The zero-order valence-corrected chi connectivity index (χ0v) is 8.66. The maximum atomic E-state index is 8.86. The molecule has 1 aromatic rings. The molecule has 2 N–H and O–H groups in total. The van der Waals surface area contributed by atoms with Crippen LogP contribution in [0.25, 0.3) is 0 Å². The lowest BCUT2D eigenvalue weighted by molar-refractivity contribution is 0.411. The summed E-state index contributed by atoms with van der Waals surface area (Å²) in [5.74, 6) is 0.808. The van der Waals surface area contributed by atoms with Gasteiger partial charge in [-0.1, -0.05) is 6.07 Å². The van der Waals surface area contributed by atoms with Gasteiger partial charge in [0.1, 0.15) is 11.3 Å². The monoisotopic (exact) mass is 190 g/mol. The number of aryl methyl sites for hydroxylation is 1. The Labute approximate surface area is 84.1 Å². The smallest absolute Gasteiger partial charge is 0.126 e. The van der Waals surface area contributed by atoms with E-state index in [-0.39, 0.29) is 0 Å². The molecule has 74 valence electrons. The first-order chi connectivity index (χ1) is 6.51. The molecule has 0 saturated heterocycles. The summed E-state index contributed by atoms with van der Waals surface area (Å²) in [6, 6.07) is 7.58. The lowest BCUT2D eigenvalue weighted by Crippen LogP contribution is -2.30. The van der Waals surface area contributed by atoms with Gasteiger partial charge in [-0.15, -0.1) is 0 Å². The van der Waals surface area contributed by atoms with Crippen LogP contribution < -0.4 is 10.5 Å². The normalized spacial score (nSPS) is 14.2. The predicted molar refractivity (Wildman–Crippen MR) is 54.9 cm³/mol. The Morgan fingerprint density at radius 1 is 1.50 bits per heavy atom. The highest BCUT2D eigenvalue weighted by atomic mass is 16.5. The van der Waals surface area contributed by atoms with Crippen LogP contribution in [0.15, 0.2) is 18.2 Å². The van der Waals surface area contributed by atoms with Gasteiger partial charge in [0.15, 0.2) is 0 Å². The molecule has 0 aromatic heterocycles. The number of benzene rings is 1. The molecule has 3 nitrogen and oxygen atoms in total. The summed E-state index contributed by atoms with van der Waals surface area (Å²) in [7, 11) is 1.62. The summed E-state index contributed by atoms with van der Waals surface area (Å²) in [4.78, 5) is 0. The number of nitrogens with two attached hydrogens (primary N) is 1. The lowest BCUT2D eigenvalue weighted by atomic mass is 9.93. The van der Waals surface area contributed by atoms with Gasteiger partial charge in [0.25, 0.3) is 0 Å². The Kier molecular flexibility index (Phi) is 2.78. The van der Waals surface area contributed by atoms with E-state index in [2.05, 4.69) is 6.07 Å². The fourth-order valence-electron chi connectivity index (χ4n) is 1.27. The summed E-state index contributed by atoms with van der Waals surface area (Å²) in [5.41, 5.74) is 6.65. The van der Waals surface area contributed by atoms with E-state index in [4.69, 9.17) is 15.7 Å². The van der Waals surface area contributed by atoms with Gasteiger partial charge < -0.3 is 10.5 Å². The third-order valence-corrected chi connectivity index (χ3v) is 2.23. The zero-order chi connectivity index (χ0) is 10.8. The molecule has 0 aliphatic rings. The molecule has 0 amide bonds. The Morgan fingerprint density at radius 3 is 2.57 bits per heavy atom. The van der Waals surface area contributed by atoms with Crippen molar-refractivity contribution in [3.05, 3.63) is 29.3 Å². The van der Waals surface area contributed by atoms with Crippen molar-refractivity contribution in [2.24, 2.45) is 5.73 Å². The number of nitriles is 1. The van der Waals surface area contributed by atoms with Crippen molar-refractivity contribution in [3.8, 4) is 11.8 Å². The van der Waals surface area contributed by atoms with Crippen LogP contribution in [0.3, 0.4) is 0 Å². The third kappa shape index (κ3) is 1.86. The lowest BCUT2D eigenvalue weighted by Gasteiger charge is -2.17. The summed E-state index contributed by atoms with van der Waals surface area (Å²) in [5, 5.41) is 8.86. The van der Waals surface area contributed by atoms with E-state index < -0.39 is 5.54 Å². The van der Waals surface area contributed by atoms with Crippen molar-refractivity contribution in [1.29, 1.82) is 5.26 Å². The maximum Gasteiger partial charge on any atom is 0.126 e. The van der Waals surface area contributed by atoms with Crippen molar-refractivity contribution in [3.63, 3.8) is 0 Å². The van der Waals surface area contributed by atoms with Crippen molar-refractivity contribution in [2.75, 3.05) is 7.11 Å². The van der Waals surface area contributed by atoms with E-state index in [0.717, 1.165) is 16.9 Å². The van der Waals surface area contributed by atoms with Gasteiger partial charge in [0.05, 0.1) is 13.2 Å².